The van der Waals surface area contributed by atoms with E-state index in [1.165, 1.54) is 0 Å². The molecular formula is C16H23NO2. The molecule has 1 aromatic carbocycles. The van der Waals surface area contributed by atoms with Crippen LogP contribution in [0.4, 0.5) is 0 Å². The van der Waals surface area contributed by atoms with Gasteiger partial charge in [-0.1, -0.05) is 32.9 Å². The van der Waals surface area contributed by atoms with Gasteiger partial charge >= 0.3 is 0 Å². The lowest BCUT2D eigenvalue weighted by atomic mass is 9.97. The lowest BCUT2D eigenvalue weighted by molar-refractivity contribution is 0.0947. The van der Waals surface area contributed by atoms with Crippen LogP contribution in [0.3, 0.4) is 0 Å². The Hall–Kier alpha value is -1.51. The van der Waals surface area contributed by atoms with Gasteiger partial charge in [-0.05, 0) is 25.3 Å². The summed E-state index contributed by atoms with van der Waals surface area (Å²) in [7, 11) is 0. The fraction of sp³-hybridized carbons (Fsp3) is 0.562. The molecular weight excluding hydrogens is 238 g/mol. The summed E-state index contributed by atoms with van der Waals surface area (Å²) in [6.07, 6.45) is 1.13. The highest BCUT2D eigenvalue weighted by Crippen LogP contribution is 2.40. The number of ether oxygens (including phenoxy) is 1. The second kappa shape index (κ2) is 5.64. The highest BCUT2D eigenvalue weighted by atomic mass is 16.5. The number of nitrogens with one attached hydrogen (secondary N) is 1. The number of carbonyl (C=O) groups is 1. The smallest absolute Gasteiger partial charge is 0.255 e. The van der Waals surface area contributed by atoms with Crippen molar-refractivity contribution in [1.29, 1.82) is 0 Å². The largest absolute Gasteiger partial charge is 0.489 e. The minimum atomic E-state index is -0.0289. The number of hydrogen-bond acceptors (Lipinski definition) is 2. The maximum absolute atomic E-state index is 12.2. The molecule has 0 fully saturated rings. The molecule has 0 aromatic heterocycles. The molecule has 0 unspecified atom stereocenters. The molecule has 2 rings (SSSR count). The maximum Gasteiger partial charge on any atom is 0.255 e. The minimum absolute atomic E-state index is 0.0289. The van der Waals surface area contributed by atoms with E-state index >= 15 is 0 Å². The van der Waals surface area contributed by atoms with Crippen molar-refractivity contribution in [2.45, 2.75) is 46.1 Å². The summed E-state index contributed by atoms with van der Waals surface area (Å²) >= 11 is 0. The van der Waals surface area contributed by atoms with Crippen LogP contribution in [0.25, 0.3) is 0 Å². The van der Waals surface area contributed by atoms with Gasteiger partial charge in [0, 0.05) is 18.0 Å². The monoisotopic (exact) mass is 261 g/mol. The SMILES string of the molecule is CC(C)CCNC(=O)c1cccc2c1O[C@H](C)[C@H]2C. The van der Waals surface area contributed by atoms with Crippen LogP contribution in [0.5, 0.6) is 5.75 Å². The number of fused-ring (bicyclic) bond motifs is 1. The Morgan fingerprint density at radius 3 is 2.79 bits per heavy atom. The van der Waals surface area contributed by atoms with Gasteiger partial charge in [-0.15, -0.1) is 0 Å². The molecule has 104 valence electrons. The molecule has 3 nitrogen and oxygen atoms in total. The van der Waals surface area contributed by atoms with Crippen LogP contribution < -0.4 is 10.1 Å². The van der Waals surface area contributed by atoms with Gasteiger partial charge in [0.25, 0.3) is 5.91 Å². The van der Waals surface area contributed by atoms with Gasteiger partial charge in [0.2, 0.25) is 0 Å². The van der Waals surface area contributed by atoms with E-state index in [0.29, 0.717) is 23.9 Å². The number of benzene rings is 1. The van der Waals surface area contributed by atoms with E-state index in [9.17, 15) is 4.79 Å². The third-order valence-corrected chi connectivity index (χ3v) is 3.80. The van der Waals surface area contributed by atoms with Gasteiger partial charge < -0.3 is 10.1 Å². The van der Waals surface area contributed by atoms with E-state index in [4.69, 9.17) is 4.74 Å². The first-order chi connectivity index (χ1) is 9.00. The second-order valence-corrected chi connectivity index (χ2v) is 5.77. The summed E-state index contributed by atoms with van der Waals surface area (Å²) in [5.74, 6) is 1.68. The average Bonchev–Trinajstić information content (AvgIpc) is 2.65. The molecule has 19 heavy (non-hydrogen) atoms. The van der Waals surface area contributed by atoms with Gasteiger partial charge in [0.05, 0.1) is 5.56 Å². The molecule has 0 saturated carbocycles. The third-order valence-electron chi connectivity index (χ3n) is 3.80. The number of amides is 1. The molecule has 1 heterocycles. The lowest BCUT2D eigenvalue weighted by Gasteiger charge is -2.10. The fourth-order valence-electron chi connectivity index (χ4n) is 2.33. The van der Waals surface area contributed by atoms with Crippen molar-refractivity contribution in [2.75, 3.05) is 6.54 Å². The van der Waals surface area contributed by atoms with Crippen molar-refractivity contribution < 1.29 is 9.53 Å². The molecule has 3 heteroatoms. The Labute approximate surface area is 115 Å². The van der Waals surface area contributed by atoms with Crippen molar-refractivity contribution in [3.63, 3.8) is 0 Å². The normalized spacial score (nSPS) is 21.1. The summed E-state index contributed by atoms with van der Waals surface area (Å²) in [5.41, 5.74) is 1.81. The van der Waals surface area contributed by atoms with Gasteiger partial charge in [0.1, 0.15) is 11.9 Å². The molecule has 0 saturated heterocycles. The highest BCUT2D eigenvalue weighted by molar-refractivity contribution is 5.97. The zero-order valence-corrected chi connectivity index (χ0v) is 12.2. The van der Waals surface area contributed by atoms with Crippen LogP contribution in [0.1, 0.15) is 56.0 Å². The summed E-state index contributed by atoms with van der Waals surface area (Å²) in [5, 5.41) is 2.97. The summed E-state index contributed by atoms with van der Waals surface area (Å²) < 4.78 is 5.84. The first-order valence-corrected chi connectivity index (χ1v) is 7.08. The van der Waals surface area contributed by atoms with Crippen LogP contribution in [0, 0.1) is 5.92 Å². The fourth-order valence-corrected chi connectivity index (χ4v) is 2.33. The quantitative estimate of drug-likeness (QED) is 0.902. The van der Waals surface area contributed by atoms with Gasteiger partial charge in [0.15, 0.2) is 0 Å². The van der Waals surface area contributed by atoms with Crippen LogP contribution in [-0.2, 0) is 0 Å². The van der Waals surface area contributed by atoms with E-state index in [-0.39, 0.29) is 12.0 Å². The first-order valence-electron chi connectivity index (χ1n) is 7.08. The van der Waals surface area contributed by atoms with Gasteiger partial charge in [-0.25, -0.2) is 0 Å². The zero-order chi connectivity index (χ0) is 14.0. The summed E-state index contributed by atoms with van der Waals surface area (Å²) in [4.78, 5) is 12.2. The van der Waals surface area contributed by atoms with E-state index in [2.05, 4.69) is 26.1 Å². The molecule has 0 bridgehead atoms. The Balaban J connectivity index is 2.12. The molecule has 2 atom stereocenters. The Morgan fingerprint density at radius 2 is 2.11 bits per heavy atom. The molecule has 1 amide bonds. The van der Waals surface area contributed by atoms with E-state index in [1.54, 1.807) is 0 Å². The summed E-state index contributed by atoms with van der Waals surface area (Å²) in [6, 6.07) is 5.83. The number of hydrogen-bond donors (Lipinski definition) is 1. The molecule has 1 aromatic rings. The Kier molecular flexibility index (Phi) is 4.13. The molecule has 0 spiro atoms. The van der Waals surface area contributed by atoms with Crippen LogP contribution in [-0.4, -0.2) is 18.6 Å². The molecule has 1 aliphatic rings. The molecule has 1 aliphatic heterocycles. The lowest BCUT2D eigenvalue weighted by Crippen LogP contribution is -2.25. The molecule has 0 radical (unpaired) electrons. The van der Waals surface area contributed by atoms with Crippen LogP contribution >= 0.6 is 0 Å². The standard InChI is InChI=1S/C16H23NO2/c1-10(2)8-9-17-16(18)14-7-5-6-13-11(3)12(4)19-15(13)14/h5-7,10-12H,8-9H2,1-4H3,(H,17,18)/t11-,12-/m1/s1. The predicted molar refractivity (Wildman–Crippen MR) is 76.7 cm³/mol. The summed E-state index contributed by atoms with van der Waals surface area (Å²) in [6.45, 7) is 9.20. The van der Waals surface area contributed by atoms with Crippen molar-refractivity contribution >= 4 is 5.91 Å². The number of carbonyl (C=O) groups excluding carboxylic acids is 1. The highest BCUT2D eigenvalue weighted by Gasteiger charge is 2.30. The third kappa shape index (κ3) is 2.91. The van der Waals surface area contributed by atoms with E-state index < -0.39 is 0 Å². The van der Waals surface area contributed by atoms with Crippen molar-refractivity contribution in [3.05, 3.63) is 29.3 Å². The van der Waals surface area contributed by atoms with E-state index in [1.807, 2.05) is 25.1 Å². The van der Waals surface area contributed by atoms with Gasteiger partial charge in [-0.3, -0.25) is 4.79 Å². The Morgan fingerprint density at radius 1 is 1.37 bits per heavy atom. The number of rotatable bonds is 4. The van der Waals surface area contributed by atoms with Gasteiger partial charge in [-0.2, -0.15) is 0 Å². The maximum atomic E-state index is 12.2. The topological polar surface area (TPSA) is 38.3 Å². The van der Waals surface area contributed by atoms with E-state index in [0.717, 1.165) is 17.7 Å². The predicted octanol–water partition coefficient (Wildman–Crippen LogP) is 3.35. The Bertz CT molecular complexity index is 468. The van der Waals surface area contributed by atoms with Crippen LogP contribution in [0.2, 0.25) is 0 Å². The molecule has 1 N–H and O–H groups in total. The molecule has 0 aliphatic carbocycles. The number of para-hydroxylation sites is 1. The van der Waals surface area contributed by atoms with Crippen molar-refractivity contribution in [2.24, 2.45) is 5.92 Å². The minimum Gasteiger partial charge on any atom is -0.489 e. The second-order valence-electron chi connectivity index (χ2n) is 5.77. The van der Waals surface area contributed by atoms with Crippen LogP contribution in [0.15, 0.2) is 18.2 Å². The van der Waals surface area contributed by atoms with Crippen molar-refractivity contribution in [1.82, 2.24) is 5.32 Å². The van der Waals surface area contributed by atoms with Crippen molar-refractivity contribution in [3.8, 4) is 5.75 Å². The average molecular weight is 261 g/mol. The zero-order valence-electron chi connectivity index (χ0n) is 12.2. The first kappa shape index (κ1) is 13.9.